The molecule has 0 aliphatic carbocycles. The van der Waals surface area contributed by atoms with E-state index in [1.807, 2.05) is 12.2 Å². The maximum absolute atomic E-state index is 12.6. The number of rotatable bonds is 6. The van der Waals surface area contributed by atoms with Gasteiger partial charge in [-0.25, -0.2) is 0 Å². The van der Waals surface area contributed by atoms with Gasteiger partial charge in [0.25, 0.3) is 0 Å². The highest BCUT2D eigenvalue weighted by Gasteiger charge is 2.15. The maximum atomic E-state index is 12.6. The molecule has 0 aliphatic rings. The third-order valence-corrected chi connectivity index (χ3v) is 5.27. The van der Waals surface area contributed by atoms with Crippen molar-refractivity contribution < 1.29 is 30.0 Å². The van der Waals surface area contributed by atoms with E-state index in [9.17, 15) is 30.0 Å². The summed E-state index contributed by atoms with van der Waals surface area (Å²) in [4.78, 5) is 25.2. The molecule has 0 bridgehead atoms. The minimum atomic E-state index is -0.354. The van der Waals surface area contributed by atoms with Crippen LogP contribution in [0.25, 0.3) is 12.2 Å². The molecule has 34 heavy (non-hydrogen) atoms. The zero-order valence-corrected chi connectivity index (χ0v) is 17.8. The third-order valence-electron chi connectivity index (χ3n) is 5.27. The molecule has 0 aromatic heterocycles. The molecule has 4 rings (SSSR count). The van der Waals surface area contributed by atoms with E-state index in [1.54, 1.807) is 48.5 Å². The molecule has 0 atom stereocenters. The molecule has 0 radical (unpaired) electrons. The van der Waals surface area contributed by atoms with Gasteiger partial charge in [0, 0.05) is 23.3 Å². The summed E-state index contributed by atoms with van der Waals surface area (Å²) in [7, 11) is 0. The highest BCUT2D eigenvalue weighted by Crippen LogP contribution is 2.26. The van der Waals surface area contributed by atoms with Crippen LogP contribution in [0, 0.1) is 0 Å². The predicted octanol–water partition coefficient (Wildman–Crippen LogP) is 5.14. The van der Waals surface area contributed by atoms with E-state index in [-0.39, 0.29) is 45.7 Å². The standard InChI is InChI=1S/C28H20O6/c29-21-11-13-23(25(31)15-21)27(33)19-7-3-17(4-8-19)1-2-18-5-9-20(10-6-18)28(34)24-14-12-22(30)16-26(24)32/h1-16,29-32H/b2-1+. The smallest absolute Gasteiger partial charge is 0.196 e. The van der Waals surface area contributed by atoms with Gasteiger partial charge in [0.05, 0.1) is 11.1 Å². The molecule has 0 amide bonds. The number of ketones is 2. The lowest BCUT2D eigenvalue weighted by atomic mass is 10.00. The lowest BCUT2D eigenvalue weighted by molar-refractivity contribution is 0.102. The SMILES string of the molecule is O=C(c1ccc(/C=C/c2ccc(C(=O)c3ccc(O)cc3O)cc2)cc1)c1ccc(O)cc1O. The molecule has 0 saturated heterocycles. The first kappa shape index (κ1) is 22.4. The Labute approximate surface area is 195 Å². The van der Waals surface area contributed by atoms with Crippen LogP contribution in [0.2, 0.25) is 0 Å². The fraction of sp³-hybridized carbons (Fsp3) is 0. The molecule has 0 saturated carbocycles. The van der Waals surface area contributed by atoms with E-state index in [0.717, 1.165) is 23.3 Å². The normalized spacial score (nSPS) is 10.9. The number of aromatic hydroxyl groups is 4. The Morgan fingerprint density at radius 1 is 0.500 bits per heavy atom. The van der Waals surface area contributed by atoms with Crippen LogP contribution in [0.5, 0.6) is 23.0 Å². The van der Waals surface area contributed by atoms with E-state index >= 15 is 0 Å². The Kier molecular flexibility index (Phi) is 6.14. The molecular weight excluding hydrogens is 432 g/mol. The number of benzene rings is 4. The first-order valence-corrected chi connectivity index (χ1v) is 10.3. The van der Waals surface area contributed by atoms with Gasteiger partial charge in [-0.1, -0.05) is 60.7 Å². The van der Waals surface area contributed by atoms with E-state index in [0.29, 0.717) is 11.1 Å². The second-order valence-electron chi connectivity index (χ2n) is 7.64. The topological polar surface area (TPSA) is 115 Å². The van der Waals surface area contributed by atoms with Crippen LogP contribution in [0.1, 0.15) is 43.0 Å². The molecule has 6 heteroatoms. The summed E-state index contributed by atoms with van der Waals surface area (Å²) in [6.07, 6.45) is 3.71. The van der Waals surface area contributed by atoms with Gasteiger partial charge in [0.2, 0.25) is 0 Å². The molecule has 0 fully saturated rings. The van der Waals surface area contributed by atoms with Gasteiger partial charge in [0.15, 0.2) is 11.6 Å². The van der Waals surface area contributed by atoms with Crippen molar-refractivity contribution in [3.63, 3.8) is 0 Å². The molecule has 168 valence electrons. The van der Waals surface area contributed by atoms with Gasteiger partial charge in [-0.05, 0) is 35.4 Å². The van der Waals surface area contributed by atoms with Crippen LogP contribution in [-0.4, -0.2) is 32.0 Å². The average Bonchev–Trinajstić information content (AvgIpc) is 2.83. The van der Waals surface area contributed by atoms with Crippen molar-refractivity contribution in [3.8, 4) is 23.0 Å². The second-order valence-corrected chi connectivity index (χ2v) is 7.64. The number of hydrogen-bond donors (Lipinski definition) is 4. The molecule has 0 heterocycles. The first-order chi connectivity index (χ1) is 16.3. The third kappa shape index (κ3) is 4.81. The first-order valence-electron chi connectivity index (χ1n) is 10.3. The Bertz CT molecular complexity index is 1290. The number of carbonyl (C=O) groups excluding carboxylic acids is 2. The van der Waals surface area contributed by atoms with Crippen LogP contribution >= 0.6 is 0 Å². The van der Waals surface area contributed by atoms with Crippen molar-refractivity contribution in [2.75, 3.05) is 0 Å². The number of phenols is 4. The van der Waals surface area contributed by atoms with Crippen molar-refractivity contribution in [2.45, 2.75) is 0 Å². The summed E-state index contributed by atoms with van der Waals surface area (Å²) in [5.41, 5.74) is 2.71. The van der Waals surface area contributed by atoms with Crippen LogP contribution in [0.4, 0.5) is 0 Å². The van der Waals surface area contributed by atoms with Gasteiger partial charge in [-0.3, -0.25) is 9.59 Å². The Morgan fingerprint density at radius 2 is 0.853 bits per heavy atom. The van der Waals surface area contributed by atoms with Crippen LogP contribution in [-0.2, 0) is 0 Å². The largest absolute Gasteiger partial charge is 0.508 e. The highest BCUT2D eigenvalue weighted by molar-refractivity contribution is 6.11. The molecule has 4 N–H and O–H groups in total. The minimum Gasteiger partial charge on any atom is -0.508 e. The molecule has 0 unspecified atom stereocenters. The summed E-state index contributed by atoms with van der Waals surface area (Å²) < 4.78 is 0. The zero-order valence-electron chi connectivity index (χ0n) is 17.8. The number of carbonyl (C=O) groups is 2. The number of phenolic OH excluding ortho intramolecular Hbond substituents is 4. The van der Waals surface area contributed by atoms with Gasteiger partial charge in [-0.15, -0.1) is 0 Å². The van der Waals surface area contributed by atoms with Crippen molar-refractivity contribution in [3.05, 3.63) is 118 Å². The molecule has 4 aromatic rings. The lowest BCUT2D eigenvalue weighted by Gasteiger charge is -2.05. The Hall–Kier alpha value is -4.84. The average molecular weight is 452 g/mol. The fourth-order valence-electron chi connectivity index (χ4n) is 3.42. The molecule has 4 aromatic carbocycles. The van der Waals surface area contributed by atoms with Crippen LogP contribution in [0.15, 0.2) is 84.9 Å². The van der Waals surface area contributed by atoms with Gasteiger partial charge in [-0.2, -0.15) is 0 Å². The lowest BCUT2D eigenvalue weighted by Crippen LogP contribution is -2.01. The predicted molar refractivity (Wildman–Crippen MR) is 128 cm³/mol. The maximum Gasteiger partial charge on any atom is 0.196 e. The van der Waals surface area contributed by atoms with Crippen molar-refractivity contribution in [1.82, 2.24) is 0 Å². The van der Waals surface area contributed by atoms with Gasteiger partial charge in [0.1, 0.15) is 23.0 Å². The van der Waals surface area contributed by atoms with Crippen molar-refractivity contribution in [2.24, 2.45) is 0 Å². The molecular formula is C28H20O6. The van der Waals surface area contributed by atoms with E-state index in [1.165, 1.54) is 24.3 Å². The molecule has 0 aliphatic heterocycles. The summed E-state index contributed by atoms with van der Waals surface area (Å²) in [5, 5.41) is 38.6. The molecule has 6 nitrogen and oxygen atoms in total. The van der Waals surface area contributed by atoms with Gasteiger partial charge >= 0.3 is 0 Å². The monoisotopic (exact) mass is 452 g/mol. The Morgan fingerprint density at radius 3 is 1.18 bits per heavy atom. The fourth-order valence-corrected chi connectivity index (χ4v) is 3.42. The summed E-state index contributed by atoms with van der Waals surface area (Å²) in [6.45, 7) is 0. The van der Waals surface area contributed by atoms with E-state index in [4.69, 9.17) is 0 Å². The second kappa shape index (κ2) is 9.34. The Balaban J connectivity index is 1.45. The van der Waals surface area contributed by atoms with Crippen LogP contribution in [0.3, 0.4) is 0 Å². The van der Waals surface area contributed by atoms with Crippen molar-refractivity contribution in [1.29, 1.82) is 0 Å². The summed E-state index contributed by atoms with van der Waals surface area (Å²) in [6, 6.07) is 21.4. The zero-order chi connectivity index (χ0) is 24.2. The summed E-state index contributed by atoms with van der Waals surface area (Å²) in [5.74, 6) is -1.51. The minimum absolute atomic E-state index is 0.108. The van der Waals surface area contributed by atoms with E-state index < -0.39 is 0 Å². The van der Waals surface area contributed by atoms with Crippen LogP contribution < -0.4 is 0 Å². The van der Waals surface area contributed by atoms with Crippen molar-refractivity contribution >= 4 is 23.7 Å². The number of hydrogen-bond acceptors (Lipinski definition) is 6. The quantitative estimate of drug-likeness (QED) is 0.238. The van der Waals surface area contributed by atoms with E-state index in [2.05, 4.69) is 0 Å². The highest BCUT2D eigenvalue weighted by atomic mass is 16.3. The summed E-state index contributed by atoms with van der Waals surface area (Å²) >= 11 is 0. The molecule has 0 spiro atoms. The van der Waals surface area contributed by atoms with Gasteiger partial charge < -0.3 is 20.4 Å².